The summed E-state index contributed by atoms with van der Waals surface area (Å²) in [6.07, 6.45) is 4.92. The van der Waals surface area contributed by atoms with E-state index in [0.717, 1.165) is 25.8 Å². The molecule has 0 unspecified atom stereocenters. The van der Waals surface area contributed by atoms with Crippen molar-refractivity contribution in [2.45, 2.75) is 58.2 Å². The van der Waals surface area contributed by atoms with E-state index in [9.17, 15) is 4.79 Å². The van der Waals surface area contributed by atoms with E-state index in [1.807, 2.05) is 11.0 Å². The first-order chi connectivity index (χ1) is 7.56. The maximum absolute atomic E-state index is 12.0. The fourth-order valence-electron chi connectivity index (χ4n) is 2.16. The molecule has 1 aliphatic heterocycles. The molecular weight excluding hydrogens is 200 g/mol. The molecule has 0 saturated carbocycles. The van der Waals surface area contributed by atoms with Crippen LogP contribution in [-0.2, 0) is 4.79 Å². The number of carbonyl (C=O) groups is 1. The number of likely N-dealkylation sites (tertiary alicyclic amines) is 1. The van der Waals surface area contributed by atoms with E-state index in [4.69, 9.17) is 0 Å². The first-order valence-corrected chi connectivity index (χ1v) is 6.23. The molecule has 1 aliphatic rings. The van der Waals surface area contributed by atoms with Crippen LogP contribution in [-0.4, -0.2) is 35.5 Å². The zero-order valence-electron chi connectivity index (χ0n) is 10.7. The Kier molecular flexibility index (Phi) is 5.00. The van der Waals surface area contributed by atoms with Crippen molar-refractivity contribution in [3.63, 3.8) is 0 Å². The zero-order valence-corrected chi connectivity index (χ0v) is 10.7. The molecule has 0 bridgehead atoms. The van der Waals surface area contributed by atoms with Crippen LogP contribution in [0.4, 0.5) is 0 Å². The molecule has 1 rings (SSSR count). The van der Waals surface area contributed by atoms with Crippen molar-refractivity contribution >= 4 is 5.91 Å². The Morgan fingerprint density at radius 2 is 2.25 bits per heavy atom. The lowest BCUT2D eigenvalue weighted by Crippen LogP contribution is -2.44. The quantitative estimate of drug-likeness (QED) is 0.699. The number of carbonyl (C=O) groups excluding carboxylic acids is 1. The molecule has 1 N–H and O–H groups in total. The van der Waals surface area contributed by atoms with Gasteiger partial charge in [-0.25, -0.2) is 0 Å². The van der Waals surface area contributed by atoms with Gasteiger partial charge in [-0.1, -0.05) is 6.08 Å². The molecule has 16 heavy (non-hydrogen) atoms. The molecule has 0 spiro atoms. The first kappa shape index (κ1) is 13.2. The second-order valence-corrected chi connectivity index (χ2v) is 4.90. The fourth-order valence-corrected chi connectivity index (χ4v) is 2.16. The Bertz CT molecular complexity index is 250. The highest BCUT2D eigenvalue weighted by molar-refractivity contribution is 5.84. The first-order valence-electron chi connectivity index (χ1n) is 6.23. The van der Waals surface area contributed by atoms with Crippen LogP contribution in [0.1, 0.15) is 40.0 Å². The van der Waals surface area contributed by atoms with E-state index in [2.05, 4.69) is 32.7 Å². The second kappa shape index (κ2) is 6.04. The van der Waals surface area contributed by atoms with Gasteiger partial charge in [-0.05, 0) is 40.0 Å². The van der Waals surface area contributed by atoms with Crippen LogP contribution in [0, 0.1) is 0 Å². The van der Waals surface area contributed by atoms with Crippen LogP contribution < -0.4 is 5.32 Å². The lowest BCUT2D eigenvalue weighted by Gasteiger charge is -2.22. The highest BCUT2D eigenvalue weighted by Gasteiger charge is 2.33. The number of hydrogen-bond donors (Lipinski definition) is 1. The van der Waals surface area contributed by atoms with E-state index < -0.39 is 0 Å². The molecular formula is C13H24N2O. The Morgan fingerprint density at radius 3 is 2.75 bits per heavy atom. The largest absolute Gasteiger partial charge is 0.339 e. The van der Waals surface area contributed by atoms with Gasteiger partial charge in [-0.2, -0.15) is 0 Å². The number of hydrogen-bond acceptors (Lipinski definition) is 2. The molecule has 3 heteroatoms. The lowest BCUT2D eigenvalue weighted by atomic mass is 10.1. The molecule has 0 aromatic heterocycles. The molecule has 1 saturated heterocycles. The molecule has 1 amide bonds. The standard InChI is InChI=1S/C13H24N2O/c1-5-6-7-11(4)14-12-8-9-15(10(2)3)13(12)16/h5,10-12,14H,1,6-9H2,2-4H3/t11-,12+/m0/s1. The summed E-state index contributed by atoms with van der Waals surface area (Å²) >= 11 is 0. The number of nitrogens with zero attached hydrogens (tertiary/aromatic N) is 1. The van der Waals surface area contributed by atoms with E-state index in [0.29, 0.717) is 12.1 Å². The average Bonchev–Trinajstić information content (AvgIpc) is 2.57. The zero-order chi connectivity index (χ0) is 12.1. The van der Waals surface area contributed by atoms with Gasteiger partial charge in [-0.15, -0.1) is 6.58 Å². The maximum Gasteiger partial charge on any atom is 0.240 e. The Hall–Kier alpha value is -0.830. The van der Waals surface area contributed by atoms with Crippen molar-refractivity contribution < 1.29 is 4.79 Å². The predicted molar refractivity (Wildman–Crippen MR) is 67.3 cm³/mol. The van der Waals surface area contributed by atoms with Gasteiger partial charge >= 0.3 is 0 Å². The van der Waals surface area contributed by atoms with Gasteiger partial charge < -0.3 is 10.2 Å². The van der Waals surface area contributed by atoms with Crippen molar-refractivity contribution in [3.05, 3.63) is 12.7 Å². The summed E-state index contributed by atoms with van der Waals surface area (Å²) in [4.78, 5) is 14.0. The number of amides is 1. The Labute approximate surface area is 98.9 Å². The third-order valence-electron chi connectivity index (χ3n) is 3.15. The van der Waals surface area contributed by atoms with Crippen molar-refractivity contribution in [2.75, 3.05) is 6.54 Å². The van der Waals surface area contributed by atoms with Gasteiger partial charge in [0.15, 0.2) is 0 Å². The summed E-state index contributed by atoms with van der Waals surface area (Å²) in [7, 11) is 0. The summed E-state index contributed by atoms with van der Waals surface area (Å²) in [6.45, 7) is 10.9. The van der Waals surface area contributed by atoms with Crippen LogP contribution >= 0.6 is 0 Å². The number of allylic oxidation sites excluding steroid dienone is 1. The lowest BCUT2D eigenvalue weighted by molar-refractivity contribution is -0.130. The normalized spacial score (nSPS) is 22.9. The monoisotopic (exact) mass is 224 g/mol. The Balaban J connectivity index is 2.39. The Morgan fingerprint density at radius 1 is 1.56 bits per heavy atom. The molecule has 0 aromatic carbocycles. The highest BCUT2D eigenvalue weighted by atomic mass is 16.2. The topological polar surface area (TPSA) is 32.3 Å². The molecule has 92 valence electrons. The minimum absolute atomic E-state index is 0.0298. The van der Waals surface area contributed by atoms with Gasteiger partial charge in [0.2, 0.25) is 5.91 Å². The smallest absolute Gasteiger partial charge is 0.240 e. The van der Waals surface area contributed by atoms with Crippen LogP contribution in [0.3, 0.4) is 0 Å². The summed E-state index contributed by atoms with van der Waals surface area (Å²) < 4.78 is 0. The summed E-state index contributed by atoms with van der Waals surface area (Å²) in [5, 5.41) is 3.41. The molecule has 0 aliphatic carbocycles. The van der Waals surface area contributed by atoms with E-state index in [1.54, 1.807) is 0 Å². The molecule has 1 fully saturated rings. The van der Waals surface area contributed by atoms with Gasteiger partial charge in [0.05, 0.1) is 6.04 Å². The molecule has 2 atom stereocenters. The van der Waals surface area contributed by atoms with E-state index in [-0.39, 0.29) is 11.9 Å². The fraction of sp³-hybridized carbons (Fsp3) is 0.769. The number of nitrogens with one attached hydrogen (secondary N) is 1. The van der Waals surface area contributed by atoms with Crippen LogP contribution in [0.5, 0.6) is 0 Å². The van der Waals surface area contributed by atoms with Crippen LogP contribution in [0.15, 0.2) is 12.7 Å². The van der Waals surface area contributed by atoms with Crippen molar-refractivity contribution in [3.8, 4) is 0 Å². The van der Waals surface area contributed by atoms with Crippen molar-refractivity contribution in [1.29, 1.82) is 0 Å². The minimum Gasteiger partial charge on any atom is -0.339 e. The molecule has 0 radical (unpaired) electrons. The van der Waals surface area contributed by atoms with Gasteiger partial charge in [0, 0.05) is 18.6 Å². The molecule has 3 nitrogen and oxygen atoms in total. The summed E-state index contributed by atoms with van der Waals surface area (Å²) in [5.74, 6) is 0.264. The van der Waals surface area contributed by atoms with Gasteiger partial charge in [0.1, 0.15) is 0 Å². The minimum atomic E-state index is 0.0298. The second-order valence-electron chi connectivity index (χ2n) is 4.90. The van der Waals surface area contributed by atoms with Crippen molar-refractivity contribution in [2.24, 2.45) is 0 Å². The average molecular weight is 224 g/mol. The summed E-state index contributed by atoms with van der Waals surface area (Å²) in [5.41, 5.74) is 0. The number of rotatable bonds is 6. The SMILES string of the molecule is C=CCC[C@H](C)N[C@@H]1CCN(C(C)C)C1=O. The van der Waals surface area contributed by atoms with Crippen LogP contribution in [0.2, 0.25) is 0 Å². The summed E-state index contributed by atoms with van der Waals surface area (Å²) in [6, 6.07) is 0.740. The molecule has 0 aromatic rings. The third-order valence-corrected chi connectivity index (χ3v) is 3.15. The van der Waals surface area contributed by atoms with Crippen LogP contribution in [0.25, 0.3) is 0 Å². The van der Waals surface area contributed by atoms with Gasteiger partial charge in [0.25, 0.3) is 0 Å². The highest BCUT2D eigenvalue weighted by Crippen LogP contribution is 2.15. The molecule has 1 heterocycles. The van der Waals surface area contributed by atoms with Gasteiger partial charge in [-0.3, -0.25) is 4.79 Å². The van der Waals surface area contributed by atoms with E-state index >= 15 is 0 Å². The predicted octanol–water partition coefficient (Wildman–Crippen LogP) is 1.94. The van der Waals surface area contributed by atoms with E-state index in [1.165, 1.54) is 0 Å². The van der Waals surface area contributed by atoms with Crippen molar-refractivity contribution in [1.82, 2.24) is 10.2 Å². The third kappa shape index (κ3) is 3.34. The maximum atomic E-state index is 12.0.